The van der Waals surface area contributed by atoms with E-state index < -0.39 is 0 Å². The Kier molecular flexibility index (Phi) is 5.10. The van der Waals surface area contributed by atoms with Gasteiger partial charge in [0.1, 0.15) is 0 Å². The summed E-state index contributed by atoms with van der Waals surface area (Å²) in [6, 6.07) is 65.4. The molecule has 0 saturated carbocycles. The molecule has 48 heavy (non-hydrogen) atoms. The zero-order valence-electron chi connectivity index (χ0n) is 26.2. The van der Waals surface area contributed by atoms with Gasteiger partial charge in [-0.15, -0.1) is 0 Å². The van der Waals surface area contributed by atoms with Crippen LogP contribution in [0.15, 0.2) is 176 Å². The van der Waals surface area contributed by atoms with E-state index in [1.807, 2.05) is 0 Å². The van der Waals surface area contributed by atoms with Crippen molar-refractivity contribution in [1.29, 1.82) is 0 Å². The maximum absolute atomic E-state index is 2.40. The number of rotatable bonds is 2. The summed E-state index contributed by atoms with van der Waals surface area (Å²) >= 11 is 0. The van der Waals surface area contributed by atoms with E-state index in [0.717, 1.165) is 0 Å². The first-order valence-electron chi connectivity index (χ1n) is 16.8. The zero-order chi connectivity index (χ0) is 31.4. The lowest BCUT2D eigenvalue weighted by Gasteiger charge is -2.31. The average Bonchev–Trinajstić information content (AvgIpc) is 3.76. The Morgan fingerprint density at radius 3 is 1.65 bits per heavy atom. The third kappa shape index (κ3) is 3.21. The molecular formula is C47H29N. The Morgan fingerprint density at radius 2 is 0.917 bits per heavy atom. The first kappa shape index (κ1) is 25.9. The molecule has 0 radical (unpaired) electrons. The van der Waals surface area contributed by atoms with Crippen molar-refractivity contribution in [2.45, 2.75) is 5.41 Å². The van der Waals surface area contributed by atoms with Crippen LogP contribution < -0.4 is 0 Å². The van der Waals surface area contributed by atoms with Crippen LogP contribution in [-0.2, 0) is 5.41 Å². The van der Waals surface area contributed by atoms with E-state index in [-0.39, 0.29) is 5.41 Å². The van der Waals surface area contributed by atoms with Crippen molar-refractivity contribution in [3.8, 4) is 39.1 Å². The summed E-state index contributed by atoms with van der Waals surface area (Å²) in [5.41, 5.74) is 16.7. The second-order valence-corrected chi connectivity index (χ2v) is 13.2. The van der Waals surface area contributed by atoms with Gasteiger partial charge in [-0.1, -0.05) is 140 Å². The van der Waals surface area contributed by atoms with Crippen molar-refractivity contribution in [3.63, 3.8) is 0 Å². The summed E-state index contributed by atoms with van der Waals surface area (Å²) in [6.45, 7) is 0. The maximum atomic E-state index is 2.40. The van der Waals surface area contributed by atoms with Crippen LogP contribution in [0.25, 0.3) is 71.6 Å². The molecular weight excluding hydrogens is 579 g/mol. The van der Waals surface area contributed by atoms with Crippen LogP contribution in [0, 0.1) is 0 Å². The summed E-state index contributed by atoms with van der Waals surface area (Å²) in [5, 5.41) is 5.14. The highest BCUT2D eigenvalue weighted by Gasteiger charge is 2.52. The molecule has 0 amide bonds. The molecule has 1 heteroatoms. The van der Waals surface area contributed by atoms with Crippen LogP contribution in [0.1, 0.15) is 22.3 Å². The standard InChI is InChI=1S/C47H29N/c1-2-12-33(13-3-1)48-44-21-11-7-17-38(44)40-29-31(24-27-45(40)48)30-22-25-34-32(28-30)23-26-39-37-16-6-10-20-43(37)47(46(34)39)41-18-8-4-14-35(41)36-15-5-9-19-42(36)47/h1-29H. The minimum atomic E-state index is -0.349. The van der Waals surface area contributed by atoms with Crippen molar-refractivity contribution in [2.24, 2.45) is 0 Å². The second-order valence-electron chi connectivity index (χ2n) is 13.2. The van der Waals surface area contributed by atoms with Gasteiger partial charge in [-0.2, -0.15) is 0 Å². The Morgan fingerprint density at radius 1 is 0.354 bits per heavy atom. The number of nitrogens with zero attached hydrogens (tertiary/aromatic N) is 1. The highest BCUT2D eigenvalue weighted by Crippen LogP contribution is 2.64. The van der Waals surface area contributed by atoms with Gasteiger partial charge in [-0.05, 0) is 103 Å². The van der Waals surface area contributed by atoms with Crippen molar-refractivity contribution in [1.82, 2.24) is 4.57 Å². The summed E-state index contributed by atoms with van der Waals surface area (Å²) in [7, 11) is 0. The van der Waals surface area contributed by atoms with Crippen molar-refractivity contribution >= 4 is 32.6 Å². The van der Waals surface area contributed by atoms with E-state index >= 15 is 0 Å². The predicted molar refractivity (Wildman–Crippen MR) is 200 cm³/mol. The zero-order valence-corrected chi connectivity index (χ0v) is 26.2. The highest BCUT2D eigenvalue weighted by atomic mass is 15.0. The number of para-hydroxylation sites is 2. The summed E-state index contributed by atoms with van der Waals surface area (Å²) in [5.74, 6) is 0. The maximum Gasteiger partial charge on any atom is 0.0731 e. The van der Waals surface area contributed by atoms with E-state index in [2.05, 4.69) is 180 Å². The van der Waals surface area contributed by atoms with Gasteiger partial charge in [-0.3, -0.25) is 0 Å². The third-order valence-electron chi connectivity index (χ3n) is 11.0. The third-order valence-corrected chi connectivity index (χ3v) is 11.0. The lowest BCUT2D eigenvalue weighted by Crippen LogP contribution is -2.26. The minimum absolute atomic E-state index is 0.349. The molecule has 1 aromatic heterocycles. The molecule has 0 saturated heterocycles. The first-order valence-corrected chi connectivity index (χ1v) is 16.8. The van der Waals surface area contributed by atoms with Crippen LogP contribution in [0.5, 0.6) is 0 Å². The predicted octanol–water partition coefficient (Wildman–Crippen LogP) is 11.9. The average molecular weight is 608 g/mol. The fraction of sp³-hybridized carbons (Fsp3) is 0.0213. The molecule has 2 aliphatic carbocycles. The molecule has 1 spiro atoms. The normalized spacial score (nSPS) is 13.6. The molecule has 9 aromatic rings. The molecule has 1 heterocycles. The van der Waals surface area contributed by atoms with Gasteiger partial charge in [0.05, 0.1) is 16.4 Å². The van der Waals surface area contributed by atoms with Gasteiger partial charge in [0.25, 0.3) is 0 Å². The van der Waals surface area contributed by atoms with Gasteiger partial charge in [-0.25, -0.2) is 0 Å². The van der Waals surface area contributed by atoms with Crippen molar-refractivity contribution < 1.29 is 0 Å². The number of hydrogen-bond donors (Lipinski definition) is 0. The summed E-state index contributed by atoms with van der Waals surface area (Å²) in [4.78, 5) is 0. The topological polar surface area (TPSA) is 4.93 Å². The SMILES string of the molecule is c1ccc(-n2c3ccccc3c3cc(-c4ccc5c6c(ccc5c4)-c4ccccc4C64c5ccccc5-c5ccccc54)ccc32)cc1. The smallest absolute Gasteiger partial charge is 0.0731 e. The molecule has 11 rings (SSSR count). The van der Waals surface area contributed by atoms with Crippen LogP contribution in [0.3, 0.4) is 0 Å². The van der Waals surface area contributed by atoms with Crippen LogP contribution in [0.4, 0.5) is 0 Å². The lowest BCUT2D eigenvalue weighted by molar-refractivity contribution is 0.801. The molecule has 0 fully saturated rings. The molecule has 0 atom stereocenters. The van der Waals surface area contributed by atoms with Gasteiger partial charge in [0.2, 0.25) is 0 Å². The van der Waals surface area contributed by atoms with Gasteiger partial charge >= 0.3 is 0 Å². The summed E-state index contributed by atoms with van der Waals surface area (Å²) < 4.78 is 2.38. The summed E-state index contributed by atoms with van der Waals surface area (Å²) in [6.07, 6.45) is 0. The van der Waals surface area contributed by atoms with E-state index in [4.69, 9.17) is 0 Å². The quantitative estimate of drug-likeness (QED) is 0.184. The monoisotopic (exact) mass is 607 g/mol. The minimum Gasteiger partial charge on any atom is -0.309 e. The Labute approximate surface area is 279 Å². The molecule has 0 unspecified atom stereocenters. The first-order chi connectivity index (χ1) is 23.8. The van der Waals surface area contributed by atoms with E-state index in [1.54, 1.807) is 0 Å². The Bertz CT molecular complexity index is 2720. The number of fused-ring (bicyclic) bond motifs is 15. The van der Waals surface area contributed by atoms with E-state index in [1.165, 1.54) is 93.9 Å². The molecule has 8 aromatic carbocycles. The van der Waals surface area contributed by atoms with Crippen LogP contribution in [0.2, 0.25) is 0 Å². The van der Waals surface area contributed by atoms with E-state index in [0.29, 0.717) is 0 Å². The van der Waals surface area contributed by atoms with E-state index in [9.17, 15) is 0 Å². The molecule has 2 aliphatic rings. The molecule has 0 bridgehead atoms. The van der Waals surface area contributed by atoms with Gasteiger partial charge in [0.15, 0.2) is 0 Å². The van der Waals surface area contributed by atoms with Crippen molar-refractivity contribution in [2.75, 3.05) is 0 Å². The molecule has 0 N–H and O–H groups in total. The van der Waals surface area contributed by atoms with Crippen molar-refractivity contribution in [3.05, 3.63) is 198 Å². The fourth-order valence-corrected chi connectivity index (χ4v) is 9.12. The molecule has 1 nitrogen and oxygen atoms in total. The number of benzene rings is 8. The van der Waals surface area contributed by atoms with Crippen LogP contribution in [-0.4, -0.2) is 4.57 Å². The Hall–Kier alpha value is -6.18. The number of aromatic nitrogens is 1. The highest BCUT2D eigenvalue weighted by molar-refractivity contribution is 6.11. The van der Waals surface area contributed by atoms with Gasteiger partial charge in [0, 0.05) is 16.5 Å². The van der Waals surface area contributed by atoms with Gasteiger partial charge < -0.3 is 4.57 Å². The molecule has 0 aliphatic heterocycles. The van der Waals surface area contributed by atoms with Crippen LogP contribution >= 0.6 is 0 Å². The fourth-order valence-electron chi connectivity index (χ4n) is 9.12. The largest absolute Gasteiger partial charge is 0.309 e. The second kappa shape index (κ2) is 9.44. The lowest BCUT2D eigenvalue weighted by atomic mass is 9.69. The Balaban J connectivity index is 1.15. The number of hydrogen-bond acceptors (Lipinski definition) is 0. The molecule has 222 valence electrons.